The predicted octanol–water partition coefficient (Wildman–Crippen LogP) is 5.47. The van der Waals surface area contributed by atoms with Crippen molar-refractivity contribution in [1.82, 2.24) is 4.98 Å². The molecule has 132 valence electrons. The van der Waals surface area contributed by atoms with Crippen LogP contribution in [0.2, 0.25) is 0 Å². The van der Waals surface area contributed by atoms with E-state index >= 15 is 0 Å². The van der Waals surface area contributed by atoms with E-state index in [0.29, 0.717) is 11.4 Å². The van der Waals surface area contributed by atoms with E-state index in [0.717, 1.165) is 34.0 Å². The SMILES string of the molecule is [2H]C(C)(C)c1ccc2c(n1)oc1c(-c3ccc(CC)c[n+]3C)c(C)ccc12. The fraction of sp³-hybridized carbons (Fsp3) is 0.304. The topological polar surface area (TPSA) is 29.9 Å². The van der Waals surface area contributed by atoms with E-state index in [1.54, 1.807) is 0 Å². The van der Waals surface area contributed by atoms with Crippen LogP contribution in [-0.4, -0.2) is 4.98 Å². The first kappa shape index (κ1) is 15.6. The highest BCUT2D eigenvalue weighted by atomic mass is 16.3. The van der Waals surface area contributed by atoms with Gasteiger partial charge in [0.2, 0.25) is 11.4 Å². The zero-order valence-electron chi connectivity index (χ0n) is 17.1. The number of benzene rings is 1. The molecule has 0 saturated heterocycles. The number of aromatic nitrogens is 2. The third kappa shape index (κ3) is 2.59. The van der Waals surface area contributed by atoms with Crippen LogP contribution in [0.5, 0.6) is 0 Å². The summed E-state index contributed by atoms with van der Waals surface area (Å²) in [6.07, 6.45) is 3.19. The Morgan fingerprint density at radius 3 is 2.58 bits per heavy atom. The van der Waals surface area contributed by atoms with Crippen molar-refractivity contribution in [1.29, 1.82) is 0 Å². The molecule has 0 spiro atoms. The standard InChI is InChI=1S/C23H25N2O/c1-6-16-8-12-20(25(5)13-16)21-15(4)7-9-17-18-10-11-19(14(2)3)24-23(18)26-22(17)21/h7-14H,6H2,1-5H3/q+1/i14D. The van der Waals surface area contributed by atoms with Gasteiger partial charge in [-0.2, -0.15) is 0 Å². The first-order chi connectivity index (χ1) is 12.8. The molecular weight excluding hydrogens is 320 g/mol. The highest BCUT2D eigenvalue weighted by molar-refractivity contribution is 6.08. The summed E-state index contributed by atoms with van der Waals surface area (Å²) in [4.78, 5) is 4.64. The number of hydrogen-bond donors (Lipinski definition) is 0. The van der Waals surface area contributed by atoms with E-state index in [9.17, 15) is 0 Å². The van der Waals surface area contributed by atoms with Gasteiger partial charge in [-0.05, 0) is 43.0 Å². The maximum atomic E-state index is 8.25. The Morgan fingerprint density at radius 1 is 1.12 bits per heavy atom. The number of pyridine rings is 2. The number of hydrogen-bond acceptors (Lipinski definition) is 2. The smallest absolute Gasteiger partial charge is 0.227 e. The van der Waals surface area contributed by atoms with Gasteiger partial charge >= 0.3 is 0 Å². The molecule has 26 heavy (non-hydrogen) atoms. The summed E-state index contributed by atoms with van der Waals surface area (Å²) in [6, 6.07) is 12.5. The lowest BCUT2D eigenvalue weighted by molar-refractivity contribution is -0.660. The molecule has 3 heterocycles. The van der Waals surface area contributed by atoms with Crippen LogP contribution in [0.1, 0.15) is 44.9 Å². The quantitative estimate of drug-likeness (QED) is 0.461. The van der Waals surface area contributed by atoms with Gasteiger partial charge < -0.3 is 4.42 Å². The summed E-state index contributed by atoms with van der Waals surface area (Å²) >= 11 is 0. The predicted molar refractivity (Wildman–Crippen MR) is 106 cm³/mol. The zero-order chi connectivity index (χ0) is 19.3. The summed E-state index contributed by atoms with van der Waals surface area (Å²) in [7, 11) is 2.08. The second-order valence-electron chi connectivity index (χ2n) is 7.17. The van der Waals surface area contributed by atoms with Crippen LogP contribution in [0, 0.1) is 6.92 Å². The highest BCUT2D eigenvalue weighted by Gasteiger charge is 2.21. The van der Waals surface area contributed by atoms with Gasteiger partial charge in [0.05, 0.1) is 5.56 Å². The summed E-state index contributed by atoms with van der Waals surface area (Å²) in [5, 5.41) is 2.05. The van der Waals surface area contributed by atoms with Gasteiger partial charge in [-0.1, -0.05) is 32.9 Å². The molecule has 0 radical (unpaired) electrons. The molecule has 3 aromatic heterocycles. The number of aryl methyl sites for hydroxylation is 3. The Labute approximate surface area is 155 Å². The van der Waals surface area contributed by atoms with Crippen LogP contribution in [0.15, 0.2) is 47.0 Å². The second kappa shape index (κ2) is 6.24. The van der Waals surface area contributed by atoms with E-state index in [1.807, 2.05) is 26.0 Å². The van der Waals surface area contributed by atoms with Crippen molar-refractivity contribution in [3.05, 3.63) is 59.4 Å². The molecule has 3 heteroatoms. The Kier molecular flexibility index (Phi) is 3.74. The monoisotopic (exact) mass is 346 g/mol. The largest absolute Gasteiger partial charge is 0.437 e. The van der Waals surface area contributed by atoms with Crippen molar-refractivity contribution in [2.45, 2.75) is 40.0 Å². The molecule has 1 aromatic carbocycles. The van der Waals surface area contributed by atoms with Gasteiger partial charge in [0.25, 0.3) is 0 Å². The Morgan fingerprint density at radius 2 is 1.88 bits per heavy atom. The Bertz CT molecular complexity index is 1170. The van der Waals surface area contributed by atoms with Crippen molar-refractivity contribution in [2.75, 3.05) is 0 Å². The molecule has 0 bridgehead atoms. The van der Waals surface area contributed by atoms with Crippen LogP contribution >= 0.6 is 0 Å². The van der Waals surface area contributed by atoms with Crippen molar-refractivity contribution < 1.29 is 10.4 Å². The van der Waals surface area contributed by atoms with E-state index in [1.165, 1.54) is 11.1 Å². The Balaban J connectivity index is 2.02. The highest BCUT2D eigenvalue weighted by Crippen LogP contribution is 2.36. The van der Waals surface area contributed by atoms with Gasteiger partial charge in [0.1, 0.15) is 7.05 Å². The van der Waals surface area contributed by atoms with E-state index in [4.69, 9.17) is 5.79 Å². The van der Waals surface area contributed by atoms with Crippen LogP contribution in [0.4, 0.5) is 0 Å². The first-order valence-electron chi connectivity index (χ1n) is 9.62. The molecule has 0 amide bonds. The van der Waals surface area contributed by atoms with Crippen LogP contribution in [0.25, 0.3) is 33.3 Å². The number of fused-ring (bicyclic) bond motifs is 3. The van der Waals surface area contributed by atoms with Crippen LogP contribution in [-0.2, 0) is 13.5 Å². The lowest BCUT2D eigenvalue weighted by Crippen LogP contribution is -2.31. The molecule has 3 nitrogen and oxygen atoms in total. The molecule has 0 aliphatic heterocycles. The molecule has 0 aliphatic rings. The lowest BCUT2D eigenvalue weighted by atomic mass is 10.00. The van der Waals surface area contributed by atoms with Crippen molar-refractivity contribution in [2.24, 2.45) is 7.05 Å². The van der Waals surface area contributed by atoms with E-state index < -0.39 is 5.89 Å². The minimum atomic E-state index is -0.756. The molecule has 0 N–H and O–H groups in total. The number of rotatable bonds is 3. The molecule has 0 saturated carbocycles. The molecule has 0 unspecified atom stereocenters. The normalized spacial score (nSPS) is 12.7. The zero-order valence-corrected chi connectivity index (χ0v) is 16.1. The van der Waals surface area contributed by atoms with Gasteiger partial charge in [-0.3, -0.25) is 0 Å². The second-order valence-corrected chi connectivity index (χ2v) is 7.17. The number of nitrogens with zero attached hydrogens (tertiary/aromatic N) is 2. The van der Waals surface area contributed by atoms with Crippen molar-refractivity contribution in [3.8, 4) is 11.3 Å². The van der Waals surface area contributed by atoms with Gasteiger partial charge in [0, 0.05) is 29.5 Å². The third-order valence-electron chi connectivity index (χ3n) is 5.09. The molecular formula is C23H25N2O+. The van der Waals surface area contributed by atoms with E-state index in [-0.39, 0.29) is 0 Å². The van der Waals surface area contributed by atoms with Gasteiger partial charge in [-0.25, -0.2) is 9.55 Å². The summed E-state index contributed by atoms with van der Waals surface area (Å²) in [6.45, 7) is 7.96. The minimum Gasteiger partial charge on any atom is -0.437 e. The lowest BCUT2D eigenvalue weighted by Gasteiger charge is -2.06. The number of furan rings is 1. The first-order valence-corrected chi connectivity index (χ1v) is 9.12. The summed E-state index contributed by atoms with van der Waals surface area (Å²) < 4.78 is 16.7. The Hall–Kier alpha value is -2.68. The molecule has 0 fully saturated rings. The average molecular weight is 346 g/mol. The van der Waals surface area contributed by atoms with Crippen molar-refractivity contribution in [3.63, 3.8) is 0 Å². The van der Waals surface area contributed by atoms with Gasteiger partial charge in [-0.15, -0.1) is 0 Å². The fourth-order valence-electron chi connectivity index (χ4n) is 3.55. The molecule has 0 aliphatic carbocycles. The van der Waals surface area contributed by atoms with Crippen LogP contribution in [0.3, 0.4) is 0 Å². The van der Waals surface area contributed by atoms with E-state index in [2.05, 4.69) is 60.9 Å². The summed E-state index contributed by atoms with van der Waals surface area (Å²) in [5.74, 6) is -0.756. The summed E-state index contributed by atoms with van der Waals surface area (Å²) in [5.41, 5.74) is 6.87. The third-order valence-corrected chi connectivity index (χ3v) is 5.09. The average Bonchev–Trinajstić information content (AvgIpc) is 2.99. The van der Waals surface area contributed by atoms with Crippen molar-refractivity contribution >= 4 is 22.1 Å². The molecule has 4 aromatic rings. The fourth-order valence-corrected chi connectivity index (χ4v) is 3.55. The molecule has 4 rings (SSSR count). The van der Waals surface area contributed by atoms with Gasteiger partial charge in [0.15, 0.2) is 11.8 Å². The minimum absolute atomic E-state index is 0.600. The maximum Gasteiger partial charge on any atom is 0.227 e. The maximum absolute atomic E-state index is 8.25. The van der Waals surface area contributed by atoms with Crippen LogP contribution < -0.4 is 4.57 Å². The molecule has 0 atom stereocenters.